The molecule has 1 N–H and O–H groups in total. The van der Waals surface area contributed by atoms with Crippen molar-refractivity contribution in [2.45, 2.75) is 6.36 Å². The van der Waals surface area contributed by atoms with Crippen LogP contribution in [0.5, 0.6) is 11.6 Å². The van der Waals surface area contributed by atoms with E-state index in [-0.39, 0.29) is 17.1 Å². The number of hydrogen-bond donors (Lipinski definition) is 1. The first kappa shape index (κ1) is 18.7. The van der Waals surface area contributed by atoms with E-state index in [1.54, 1.807) is 12.1 Å². The first-order chi connectivity index (χ1) is 12.7. The molecule has 0 radical (unpaired) electrons. The summed E-state index contributed by atoms with van der Waals surface area (Å²) in [5.74, 6) is -0.692. The van der Waals surface area contributed by atoms with Gasteiger partial charge in [0.2, 0.25) is 5.88 Å². The lowest BCUT2D eigenvalue weighted by molar-refractivity contribution is -0.274. The van der Waals surface area contributed by atoms with E-state index in [0.29, 0.717) is 10.2 Å². The van der Waals surface area contributed by atoms with E-state index >= 15 is 0 Å². The summed E-state index contributed by atoms with van der Waals surface area (Å²) >= 11 is 3.13. The van der Waals surface area contributed by atoms with Crippen LogP contribution in [0.25, 0.3) is 16.9 Å². The number of hydrogen-bond acceptors (Lipinski definition) is 5. The SMILES string of the molecule is O=C(O)Oc1cc(-c2cc(Br)cc(OC(F)(F)F)c2)n(-c2ccncc2)n1. The Bertz CT molecular complexity index is 977. The van der Waals surface area contributed by atoms with Gasteiger partial charge in [-0.2, -0.15) is 0 Å². The predicted molar refractivity (Wildman–Crippen MR) is 89.8 cm³/mol. The lowest BCUT2D eigenvalue weighted by Crippen LogP contribution is -2.17. The van der Waals surface area contributed by atoms with Gasteiger partial charge in [0.25, 0.3) is 0 Å². The van der Waals surface area contributed by atoms with Crippen LogP contribution in [0.4, 0.5) is 18.0 Å². The molecule has 140 valence electrons. The quantitative estimate of drug-likeness (QED) is 0.590. The standard InChI is InChI=1S/C16H9BrF3N3O4/c17-10-5-9(6-12(7-10)27-16(18,19)20)13-8-14(26-15(24)25)22-23(13)11-1-3-21-4-2-11/h1-8H,(H,24,25). The Balaban J connectivity index is 2.12. The lowest BCUT2D eigenvalue weighted by atomic mass is 10.1. The third kappa shape index (κ3) is 4.76. The second kappa shape index (κ2) is 7.27. The first-order valence-corrected chi connectivity index (χ1v) is 7.98. The maximum atomic E-state index is 12.6. The molecular formula is C16H9BrF3N3O4. The minimum atomic E-state index is -4.86. The Labute approximate surface area is 158 Å². The van der Waals surface area contributed by atoms with E-state index in [2.05, 4.69) is 35.5 Å². The van der Waals surface area contributed by atoms with Gasteiger partial charge < -0.3 is 14.6 Å². The summed E-state index contributed by atoms with van der Waals surface area (Å²) in [6, 6.07) is 8.30. The number of aromatic nitrogens is 3. The summed E-state index contributed by atoms with van der Waals surface area (Å²) in [7, 11) is 0. The molecule has 2 heterocycles. The number of ether oxygens (including phenoxy) is 2. The average molecular weight is 444 g/mol. The largest absolute Gasteiger partial charge is 0.573 e. The highest BCUT2D eigenvalue weighted by atomic mass is 79.9. The number of pyridine rings is 1. The van der Waals surface area contributed by atoms with E-state index < -0.39 is 18.3 Å². The highest BCUT2D eigenvalue weighted by molar-refractivity contribution is 9.10. The molecule has 0 saturated carbocycles. The summed E-state index contributed by atoms with van der Waals surface area (Å²) in [6.45, 7) is 0. The molecule has 0 amide bonds. The summed E-state index contributed by atoms with van der Waals surface area (Å²) < 4.78 is 47.8. The van der Waals surface area contributed by atoms with Crippen molar-refractivity contribution in [2.75, 3.05) is 0 Å². The van der Waals surface area contributed by atoms with Crippen molar-refractivity contribution in [3.05, 3.63) is 53.3 Å². The highest BCUT2D eigenvalue weighted by Crippen LogP contribution is 2.34. The van der Waals surface area contributed by atoms with Gasteiger partial charge in [-0.25, -0.2) is 9.48 Å². The molecular weight excluding hydrogens is 435 g/mol. The van der Waals surface area contributed by atoms with Crippen LogP contribution >= 0.6 is 15.9 Å². The van der Waals surface area contributed by atoms with Crippen molar-refractivity contribution in [3.8, 4) is 28.6 Å². The van der Waals surface area contributed by atoms with Gasteiger partial charge in [0, 0.05) is 28.5 Å². The Kier molecular flexibility index (Phi) is 5.04. The van der Waals surface area contributed by atoms with Gasteiger partial charge in [0.1, 0.15) is 5.75 Å². The fraction of sp³-hybridized carbons (Fsp3) is 0.0625. The lowest BCUT2D eigenvalue weighted by Gasteiger charge is -2.12. The number of benzene rings is 1. The van der Waals surface area contributed by atoms with Crippen LogP contribution in [0.1, 0.15) is 0 Å². The molecule has 0 saturated heterocycles. The third-order valence-corrected chi connectivity index (χ3v) is 3.64. The highest BCUT2D eigenvalue weighted by Gasteiger charge is 2.31. The van der Waals surface area contributed by atoms with Crippen molar-refractivity contribution in [1.82, 2.24) is 14.8 Å². The smallest absolute Gasteiger partial charge is 0.449 e. The zero-order valence-electron chi connectivity index (χ0n) is 13.1. The van der Waals surface area contributed by atoms with Crippen molar-refractivity contribution in [2.24, 2.45) is 0 Å². The van der Waals surface area contributed by atoms with E-state index in [4.69, 9.17) is 5.11 Å². The molecule has 0 aliphatic heterocycles. The number of nitrogens with zero attached hydrogens (tertiary/aromatic N) is 3. The van der Waals surface area contributed by atoms with Crippen LogP contribution in [0.15, 0.2) is 53.3 Å². The fourth-order valence-corrected chi connectivity index (χ4v) is 2.76. The van der Waals surface area contributed by atoms with Gasteiger partial charge >= 0.3 is 12.5 Å². The van der Waals surface area contributed by atoms with Crippen molar-refractivity contribution < 1.29 is 32.5 Å². The third-order valence-electron chi connectivity index (χ3n) is 3.19. The number of carboxylic acid groups (broad SMARTS) is 1. The predicted octanol–water partition coefficient (Wildman–Crippen LogP) is 4.65. The van der Waals surface area contributed by atoms with Crippen molar-refractivity contribution >= 4 is 22.1 Å². The maximum Gasteiger partial charge on any atom is 0.573 e. The monoisotopic (exact) mass is 443 g/mol. The van der Waals surface area contributed by atoms with Crippen LogP contribution in [0, 0.1) is 0 Å². The zero-order valence-corrected chi connectivity index (χ0v) is 14.7. The topological polar surface area (TPSA) is 86.5 Å². The molecule has 0 bridgehead atoms. The number of carbonyl (C=O) groups is 1. The van der Waals surface area contributed by atoms with E-state index in [1.807, 2.05) is 0 Å². The summed E-state index contributed by atoms with van der Waals surface area (Å²) in [5, 5.41) is 12.8. The summed E-state index contributed by atoms with van der Waals surface area (Å²) in [6.07, 6.45) is -3.47. The van der Waals surface area contributed by atoms with E-state index in [1.165, 1.54) is 29.2 Å². The van der Waals surface area contributed by atoms with Crippen LogP contribution < -0.4 is 9.47 Å². The second-order valence-electron chi connectivity index (χ2n) is 5.08. The number of halogens is 4. The molecule has 11 heteroatoms. The van der Waals surface area contributed by atoms with Crippen LogP contribution in [0.3, 0.4) is 0 Å². The van der Waals surface area contributed by atoms with Gasteiger partial charge in [-0.1, -0.05) is 15.9 Å². The Morgan fingerprint density at radius 3 is 2.48 bits per heavy atom. The molecule has 0 aliphatic carbocycles. The Morgan fingerprint density at radius 2 is 1.85 bits per heavy atom. The van der Waals surface area contributed by atoms with E-state index in [0.717, 1.165) is 12.1 Å². The van der Waals surface area contributed by atoms with Crippen molar-refractivity contribution in [1.29, 1.82) is 0 Å². The average Bonchev–Trinajstić information content (AvgIpc) is 2.96. The number of rotatable bonds is 4. The summed E-state index contributed by atoms with van der Waals surface area (Å²) in [4.78, 5) is 14.7. The normalized spacial score (nSPS) is 11.3. The minimum Gasteiger partial charge on any atom is -0.449 e. The van der Waals surface area contributed by atoms with Crippen LogP contribution in [0.2, 0.25) is 0 Å². The van der Waals surface area contributed by atoms with Gasteiger partial charge in [0.15, 0.2) is 0 Å². The van der Waals surface area contributed by atoms with Crippen molar-refractivity contribution in [3.63, 3.8) is 0 Å². The Morgan fingerprint density at radius 1 is 1.15 bits per heavy atom. The van der Waals surface area contributed by atoms with Gasteiger partial charge in [-0.15, -0.1) is 18.3 Å². The fourth-order valence-electron chi connectivity index (χ4n) is 2.29. The molecule has 3 rings (SSSR count). The molecule has 1 aromatic carbocycles. The number of alkyl halides is 3. The Hall–Kier alpha value is -3.08. The molecule has 0 unspecified atom stereocenters. The molecule has 0 fully saturated rings. The molecule has 0 aliphatic rings. The molecule has 3 aromatic rings. The molecule has 0 atom stereocenters. The first-order valence-electron chi connectivity index (χ1n) is 7.19. The van der Waals surface area contributed by atoms with Crippen LogP contribution in [-0.4, -0.2) is 32.4 Å². The van der Waals surface area contributed by atoms with Gasteiger partial charge in [-0.05, 0) is 30.3 Å². The zero-order chi connectivity index (χ0) is 19.6. The minimum absolute atomic E-state index is 0.243. The molecule has 0 spiro atoms. The molecule has 27 heavy (non-hydrogen) atoms. The molecule has 2 aromatic heterocycles. The van der Waals surface area contributed by atoms with E-state index in [9.17, 15) is 18.0 Å². The maximum absolute atomic E-state index is 12.6. The second-order valence-corrected chi connectivity index (χ2v) is 5.99. The molecule has 7 nitrogen and oxygen atoms in total. The summed E-state index contributed by atoms with van der Waals surface area (Å²) in [5.41, 5.74) is 1.07. The van der Waals surface area contributed by atoms with Gasteiger partial charge in [-0.3, -0.25) is 4.98 Å². The van der Waals surface area contributed by atoms with Gasteiger partial charge in [0.05, 0.1) is 11.4 Å². The van der Waals surface area contributed by atoms with Crippen LogP contribution in [-0.2, 0) is 0 Å².